The second-order valence-electron chi connectivity index (χ2n) is 5.15. The average molecular weight is 276 g/mol. The number of aliphatic hydroxyl groups excluding tert-OH is 1. The molecule has 2 rings (SSSR count). The summed E-state index contributed by atoms with van der Waals surface area (Å²) in [4.78, 5) is 24.7. The van der Waals surface area contributed by atoms with Crippen LogP contribution < -0.4 is 5.32 Å². The summed E-state index contributed by atoms with van der Waals surface area (Å²) in [5.41, 5.74) is 1.23. The lowest BCUT2D eigenvalue weighted by atomic mass is 10.1. The molecule has 1 aliphatic heterocycles. The van der Waals surface area contributed by atoms with E-state index in [1.54, 1.807) is 7.05 Å². The molecule has 0 bridgehead atoms. The Labute approximate surface area is 118 Å². The molecule has 1 aromatic rings. The Morgan fingerprint density at radius 2 is 2.10 bits per heavy atom. The van der Waals surface area contributed by atoms with E-state index in [-0.39, 0.29) is 18.4 Å². The van der Waals surface area contributed by atoms with Crippen LogP contribution in [0.25, 0.3) is 0 Å². The van der Waals surface area contributed by atoms with Crippen molar-refractivity contribution >= 4 is 11.8 Å². The summed E-state index contributed by atoms with van der Waals surface area (Å²) >= 11 is 0. The first-order valence-corrected chi connectivity index (χ1v) is 6.84. The molecule has 0 aromatic heterocycles. The number of carbonyl (C=O) groups excluding carboxylic acids is 2. The van der Waals surface area contributed by atoms with Crippen LogP contribution in [0.3, 0.4) is 0 Å². The lowest BCUT2D eigenvalue weighted by Crippen LogP contribution is -2.38. The van der Waals surface area contributed by atoms with Crippen LogP contribution in [0.15, 0.2) is 30.3 Å². The number of likely N-dealkylation sites (N-methyl/N-ethyl adjacent to an activating group) is 1. The molecule has 0 aliphatic carbocycles. The Balaban J connectivity index is 1.72. The molecular formula is C15H20N2O3. The summed E-state index contributed by atoms with van der Waals surface area (Å²) in [6.07, 6.45) is 0.532. The maximum absolute atomic E-state index is 11.9. The Morgan fingerprint density at radius 3 is 2.70 bits per heavy atom. The largest absolute Gasteiger partial charge is 0.382 e. The van der Waals surface area contributed by atoms with Gasteiger partial charge in [0.15, 0.2) is 0 Å². The van der Waals surface area contributed by atoms with Gasteiger partial charge < -0.3 is 15.3 Å². The molecule has 0 radical (unpaired) electrons. The fraction of sp³-hybridized carbons (Fsp3) is 0.467. The zero-order valence-electron chi connectivity index (χ0n) is 11.6. The van der Waals surface area contributed by atoms with Gasteiger partial charge in [0.2, 0.25) is 5.91 Å². The van der Waals surface area contributed by atoms with Gasteiger partial charge in [-0.2, -0.15) is 0 Å². The maximum atomic E-state index is 11.9. The molecular weight excluding hydrogens is 256 g/mol. The number of hydrogen-bond acceptors (Lipinski definition) is 3. The van der Waals surface area contributed by atoms with Crippen molar-refractivity contribution < 1.29 is 14.7 Å². The molecule has 1 aliphatic rings. The number of nitrogens with zero attached hydrogens (tertiary/aromatic N) is 1. The third kappa shape index (κ3) is 3.36. The van der Waals surface area contributed by atoms with Crippen LogP contribution in [0.5, 0.6) is 0 Å². The smallest absolute Gasteiger partial charge is 0.252 e. The normalized spacial score (nSPS) is 22.1. The lowest BCUT2D eigenvalue weighted by molar-refractivity contribution is -0.137. The Morgan fingerprint density at radius 1 is 1.40 bits per heavy atom. The van der Waals surface area contributed by atoms with Crippen molar-refractivity contribution in [1.29, 1.82) is 0 Å². The van der Waals surface area contributed by atoms with Gasteiger partial charge in [0, 0.05) is 20.1 Å². The number of benzene rings is 1. The summed E-state index contributed by atoms with van der Waals surface area (Å²) in [5, 5.41) is 12.5. The highest BCUT2D eigenvalue weighted by Crippen LogP contribution is 2.16. The van der Waals surface area contributed by atoms with Gasteiger partial charge in [-0.15, -0.1) is 0 Å². The molecule has 108 valence electrons. The van der Waals surface area contributed by atoms with Crippen LogP contribution >= 0.6 is 0 Å². The number of rotatable bonds is 5. The predicted octanol–water partition coefficient (Wildman–Crippen LogP) is 0.184. The van der Waals surface area contributed by atoms with Crippen molar-refractivity contribution in [3.05, 3.63) is 35.9 Å². The molecule has 2 unspecified atom stereocenters. The van der Waals surface area contributed by atoms with Gasteiger partial charge in [-0.05, 0) is 18.4 Å². The maximum Gasteiger partial charge on any atom is 0.252 e. The molecule has 0 saturated carbocycles. The zero-order chi connectivity index (χ0) is 14.5. The van der Waals surface area contributed by atoms with Crippen molar-refractivity contribution in [2.24, 2.45) is 5.92 Å². The molecule has 1 heterocycles. The van der Waals surface area contributed by atoms with E-state index in [1.165, 1.54) is 10.5 Å². The summed E-state index contributed by atoms with van der Waals surface area (Å²) in [6, 6.07) is 10.1. The SMILES string of the molecule is CN1CC(C(=O)NCCCc2ccccc2)C(O)C1=O. The lowest BCUT2D eigenvalue weighted by Gasteiger charge is -2.12. The van der Waals surface area contributed by atoms with Gasteiger partial charge >= 0.3 is 0 Å². The van der Waals surface area contributed by atoms with Gasteiger partial charge in [-0.3, -0.25) is 9.59 Å². The molecule has 2 atom stereocenters. The first-order chi connectivity index (χ1) is 9.59. The molecule has 5 nitrogen and oxygen atoms in total. The number of nitrogens with one attached hydrogen (secondary N) is 1. The van der Waals surface area contributed by atoms with Crippen molar-refractivity contribution in [3.8, 4) is 0 Å². The number of hydrogen-bond donors (Lipinski definition) is 2. The molecule has 1 fully saturated rings. The second kappa shape index (κ2) is 6.52. The zero-order valence-corrected chi connectivity index (χ0v) is 11.6. The summed E-state index contributed by atoms with van der Waals surface area (Å²) in [7, 11) is 1.59. The number of carbonyl (C=O) groups is 2. The minimum atomic E-state index is -1.20. The van der Waals surface area contributed by atoms with E-state index in [4.69, 9.17) is 0 Å². The van der Waals surface area contributed by atoms with Crippen LogP contribution in [-0.4, -0.2) is 48.1 Å². The van der Waals surface area contributed by atoms with Crippen LogP contribution in [-0.2, 0) is 16.0 Å². The van der Waals surface area contributed by atoms with Crippen molar-refractivity contribution in [2.45, 2.75) is 18.9 Å². The molecule has 5 heteroatoms. The van der Waals surface area contributed by atoms with Crippen LogP contribution in [0, 0.1) is 5.92 Å². The summed E-state index contributed by atoms with van der Waals surface area (Å²) < 4.78 is 0. The molecule has 1 aromatic carbocycles. The topological polar surface area (TPSA) is 69.6 Å². The minimum absolute atomic E-state index is 0.247. The third-order valence-corrected chi connectivity index (χ3v) is 3.60. The van der Waals surface area contributed by atoms with Gasteiger partial charge in [0.25, 0.3) is 5.91 Å². The number of aliphatic hydroxyl groups is 1. The van der Waals surface area contributed by atoms with E-state index in [1.807, 2.05) is 18.2 Å². The van der Waals surface area contributed by atoms with E-state index in [0.29, 0.717) is 6.54 Å². The van der Waals surface area contributed by atoms with Gasteiger partial charge in [0.1, 0.15) is 6.10 Å². The second-order valence-corrected chi connectivity index (χ2v) is 5.15. The highest BCUT2D eigenvalue weighted by atomic mass is 16.3. The van der Waals surface area contributed by atoms with E-state index in [2.05, 4.69) is 17.4 Å². The van der Waals surface area contributed by atoms with Gasteiger partial charge in [0.05, 0.1) is 5.92 Å². The Hall–Kier alpha value is -1.88. The fourth-order valence-corrected chi connectivity index (χ4v) is 2.39. The van der Waals surface area contributed by atoms with Crippen LogP contribution in [0.4, 0.5) is 0 Å². The number of amides is 2. The first kappa shape index (κ1) is 14.5. The number of likely N-dealkylation sites (tertiary alicyclic amines) is 1. The quantitative estimate of drug-likeness (QED) is 0.754. The van der Waals surface area contributed by atoms with Crippen molar-refractivity contribution in [1.82, 2.24) is 10.2 Å². The van der Waals surface area contributed by atoms with Crippen molar-refractivity contribution in [2.75, 3.05) is 20.1 Å². The fourth-order valence-electron chi connectivity index (χ4n) is 2.39. The Bertz CT molecular complexity index is 475. The first-order valence-electron chi connectivity index (χ1n) is 6.84. The van der Waals surface area contributed by atoms with E-state index in [0.717, 1.165) is 12.8 Å². The van der Waals surface area contributed by atoms with Crippen molar-refractivity contribution in [3.63, 3.8) is 0 Å². The molecule has 2 amide bonds. The minimum Gasteiger partial charge on any atom is -0.382 e. The highest BCUT2D eigenvalue weighted by Gasteiger charge is 2.41. The summed E-state index contributed by atoms with van der Waals surface area (Å²) in [5.74, 6) is -1.28. The predicted molar refractivity (Wildman–Crippen MR) is 74.9 cm³/mol. The molecule has 1 saturated heterocycles. The number of aryl methyl sites for hydroxylation is 1. The standard InChI is InChI=1S/C15H20N2O3/c1-17-10-12(13(18)15(17)20)14(19)16-9-5-8-11-6-3-2-4-7-11/h2-4,6-7,12-13,18H,5,8-10H2,1H3,(H,16,19). The van der Waals surface area contributed by atoms with Gasteiger partial charge in [-0.25, -0.2) is 0 Å². The average Bonchev–Trinajstić information content (AvgIpc) is 2.72. The Kier molecular flexibility index (Phi) is 4.74. The van der Waals surface area contributed by atoms with Crippen LogP contribution in [0.1, 0.15) is 12.0 Å². The van der Waals surface area contributed by atoms with Gasteiger partial charge in [-0.1, -0.05) is 30.3 Å². The van der Waals surface area contributed by atoms with E-state index >= 15 is 0 Å². The monoisotopic (exact) mass is 276 g/mol. The molecule has 0 spiro atoms. The molecule has 20 heavy (non-hydrogen) atoms. The van der Waals surface area contributed by atoms with E-state index < -0.39 is 12.0 Å². The highest BCUT2D eigenvalue weighted by molar-refractivity contribution is 5.92. The summed E-state index contributed by atoms with van der Waals surface area (Å²) in [6.45, 7) is 0.833. The third-order valence-electron chi connectivity index (χ3n) is 3.60. The molecule has 2 N–H and O–H groups in total. The van der Waals surface area contributed by atoms with Crippen LogP contribution in [0.2, 0.25) is 0 Å². The van der Waals surface area contributed by atoms with E-state index in [9.17, 15) is 14.7 Å².